The highest BCUT2D eigenvalue weighted by Crippen LogP contribution is 2.41. The number of rotatable bonds is 6. The number of pyridine rings is 1. The number of aromatic nitrogens is 4. The van der Waals surface area contributed by atoms with Gasteiger partial charge in [0, 0.05) is 24.7 Å². The number of halogens is 2. The molecule has 2 aliphatic heterocycles. The predicted molar refractivity (Wildman–Crippen MR) is 122 cm³/mol. The van der Waals surface area contributed by atoms with Crippen LogP contribution in [0.25, 0.3) is 16.3 Å². The van der Waals surface area contributed by atoms with E-state index in [9.17, 15) is 22.5 Å². The van der Waals surface area contributed by atoms with Crippen molar-refractivity contribution in [3.05, 3.63) is 23.5 Å². The van der Waals surface area contributed by atoms with Gasteiger partial charge in [0.1, 0.15) is 16.1 Å². The fraction of sp³-hybridized carbons (Fsp3) is 0.524. The van der Waals surface area contributed by atoms with E-state index in [4.69, 9.17) is 4.74 Å². The molecule has 0 aromatic carbocycles. The molecule has 0 bridgehead atoms. The van der Waals surface area contributed by atoms with E-state index in [-0.39, 0.29) is 15.3 Å². The number of nitrogens with one attached hydrogen (secondary N) is 1. The quantitative estimate of drug-likeness (QED) is 0.525. The van der Waals surface area contributed by atoms with Crippen LogP contribution in [0.3, 0.4) is 0 Å². The summed E-state index contributed by atoms with van der Waals surface area (Å²) in [6.45, 7) is 2.88. The van der Waals surface area contributed by atoms with E-state index in [0.717, 1.165) is 37.4 Å². The number of anilines is 1. The van der Waals surface area contributed by atoms with Gasteiger partial charge in [-0.3, -0.25) is 4.40 Å². The van der Waals surface area contributed by atoms with Crippen LogP contribution in [0.1, 0.15) is 37.1 Å². The molecule has 3 aromatic rings. The summed E-state index contributed by atoms with van der Waals surface area (Å²) in [5.41, 5.74) is 0.579. The van der Waals surface area contributed by atoms with Crippen LogP contribution in [0.2, 0.25) is 0 Å². The van der Waals surface area contributed by atoms with Crippen LogP contribution >= 0.6 is 11.3 Å². The molecule has 3 fully saturated rings. The fourth-order valence-electron chi connectivity index (χ4n) is 4.59. The SMILES string of the molecule is N#CC1(NS(=O)(=O)c2cc(N3CCC4(CC3)COC4)c3ncc(-c4nnc(C(F)F)s4)n3c2)CC1. The zero-order valence-electron chi connectivity index (χ0n) is 18.4. The summed E-state index contributed by atoms with van der Waals surface area (Å²) in [6, 6.07) is 3.61. The maximum atomic E-state index is 13.3. The largest absolute Gasteiger partial charge is 0.380 e. The first-order valence-corrected chi connectivity index (χ1v) is 13.4. The monoisotopic (exact) mass is 521 g/mol. The van der Waals surface area contributed by atoms with Gasteiger partial charge in [-0.15, -0.1) is 10.2 Å². The van der Waals surface area contributed by atoms with E-state index in [1.165, 1.54) is 12.4 Å². The highest BCUT2D eigenvalue weighted by Gasteiger charge is 2.47. The first kappa shape index (κ1) is 22.7. The number of imidazole rings is 1. The van der Waals surface area contributed by atoms with Crippen LogP contribution in [0.5, 0.6) is 0 Å². The minimum absolute atomic E-state index is 0.0355. The van der Waals surface area contributed by atoms with E-state index in [2.05, 4.69) is 24.8 Å². The molecular formula is C21H21F2N7O3S2. The standard InChI is InChI=1S/C21H21F2N7O3S2/c22-16(23)19-27-26-18(34-19)15-8-25-17-14(29-5-3-20(4-6-29)11-33-12-20)7-13(9-30(15)17)35(31,32)28-21(10-24)1-2-21/h7-9,16,28H,1-6,11-12H2. The summed E-state index contributed by atoms with van der Waals surface area (Å²) in [6.07, 6.45) is 2.85. The maximum absolute atomic E-state index is 13.3. The van der Waals surface area contributed by atoms with Crippen molar-refractivity contribution in [3.8, 4) is 16.8 Å². The number of piperidine rings is 1. The van der Waals surface area contributed by atoms with Gasteiger partial charge in [0.15, 0.2) is 15.7 Å². The number of ether oxygens (including phenoxy) is 1. The normalized spacial score (nSPS) is 20.8. The van der Waals surface area contributed by atoms with Gasteiger partial charge in [0.05, 0.1) is 31.2 Å². The van der Waals surface area contributed by atoms with Gasteiger partial charge in [0.25, 0.3) is 6.43 Å². The Bertz CT molecular complexity index is 1450. The number of sulfonamides is 1. The molecule has 10 nitrogen and oxygen atoms in total. The number of nitriles is 1. The lowest BCUT2D eigenvalue weighted by atomic mass is 9.77. The van der Waals surface area contributed by atoms with Gasteiger partial charge < -0.3 is 9.64 Å². The first-order chi connectivity index (χ1) is 16.7. The molecule has 6 rings (SSSR count). The molecule has 14 heteroatoms. The van der Waals surface area contributed by atoms with Crippen molar-refractivity contribution in [2.45, 2.75) is 42.5 Å². The van der Waals surface area contributed by atoms with E-state index < -0.39 is 27.0 Å². The van der Waals surface area contributed by atoms with Crippen molar-refractivity contribution in [1.29, 1.82) is 5.26 Å². The van der Waals surface area contributed by atoms with Crippen molar-refractivity contribution in [1.82, 2.24) is 24.3 Å². The molecule has 0 radical (unpaired) electrons. The predicted octanol–water partition coefficient (Wildman–Crippen LogP) is 2.74. The Labute approximate surface area is 203 Å². The lowest BCUT2D eigenvalue weighted by molar-refractivity contribution is -0.124. The van der Waals surface area contributed by atoms with E-state index >= 15 is 0 Å². The van der Waals surface area contributed by atoms with Gasteiger partial charge in [-0.2, -0.15) is 9.98 Å². The molecule has 184 valence electrons. The summed E-state index contributed by atoms with van der Waals surface area (Å²) in [7, 11) is -4.04. The van der Waals surface area contributed by atoms with Gasteiger partial charge in [-0.1, -0.05) is 11.3 Å². The second-order valence-electron chi connectivity index (χ2n) is 9.42. The number of nitrogens with zero attached hydrogens (tertiary/aromatic N) is 6. The Morgan fingerprint density at radius 3 is 2.51 bits per heavy atom. The molecule has 35 heavy (non-hydrogen) atoms. The lowest BCUT2D eigenvalue weighted by Crippen LogP contribution is -2.51. The molecule has 2 saturated heterocycles. The third-order valence-electron chi connectivity index (χ3n) is 6.99. The highest BCUT2D eigenvalue weighted by molar-refractivity contribution is 7.89. The molecule has 1 saturated carbocycles. The van der Waals surface area contributed by atoms with Gasteiger partial charge in [-0.25, -0.2) is 22.2 Å². The van der Waals surface area contributed by atoms with Gasteiger partial charge >= 0.3 is 0 Å². The Hall–Kier alpha value is -2.73. The third kappa shape index (κ3) is 3.86. The highest BCUT2D eigenvalue weighted by atomic mass is 32.2. The molecule has 1 N–H and O–H groups in total. The van der Waals surface area contributed by atoms with Crippen molar-refractivity contribution < 1.29 is 21.9 Å². The number of fused-ring (bicyclic) bond motifs is 1. The van der Waals surface area contributed by atoms with Crippen molar-refractivity contribution in [2.75, 3.05) is 31.2 Å². The minimum atomic E-state index is -4.04. The minimum Gasteiger partial charge on any atom is -0.380 e. The second kappa shape index (κ2) is 7.89. The van der Waals surface area contributed by atoms with Crippen LogP contribution in [0, 0.1) is 16.7 Å². The Morgan fingerprint density at radius 2 is 1.94 bits per heavy atom. The first-order valence-electron chi connectivity index (χ1n) is 11.1. The average Bonchev–Trinajstić information content (AvgIpc) is 3.21. The molecule has 3 aromatic heterocycles. The topological polar surface area (TPSA) is 126 Å². The van der Waals surface area contributed by atoms with E-state index in [1.54, 1.807) is 10.5 Å². The van der Waals surface area contributed by atoms with E-state index in [1.807, 2.05) is 6.07 Å². The van der Waals surface area contributed by atoms with Gasteiger partial charge in [-0.05, 0) is 31.7 Å². The third-order valence-corrected chi connectivity index (χ3v) is 9.45. The number of hydrogen-bond acceptors (Lipinski definition) is 9. The fourth-order valence-corrected chi connectivity index (χ4v) is 6.69. The molecular weight excluding hydrogens is 500 g/mol. The number of alkyl halides is 2. The van der Waals surface area contributed by atoms with Gasteiger partial charge in [0.2, 0.25) is 10.0 Å². The summed E-state index contributed by atoms with van der Waals surface area (Å²) >= 11 is 0.734. The molecule has 0 atom stereocenters. The van der Waals surface area contributed by atoms with Crippen LogP contribution in [0.15, 0.2) is 23.4 Å². The summed E-state index contributed by atoms with van der Waals surface area (Å²) in [4.78, 5) is 6.56. The van der Waals surface area contributed by atoms with Crippen LogP contribution < -0.4 is 9.62 Å². The lowest BCUT2D eigenvalue weighted by Gasteiger charge is -2.47. The van der Waals surface area contributed by atoms with Crippen molar-refractivity contribution >= 4 is 32.7 Å². The summed E-state index contributed by atoms with van der Waals surface area (Å²) < 4.78 is 62.3. The Kier molecular flexibility index (Phi) is 5.12. The van der Waals surface area contributed by atoms with Crippen LogP contribution in [-0.4, -0.2) is 59.8 Å². The van der Waals surface area contributed by atoms with Crippen LogP contribution in [-0.2, 0) is 14.8 Å². The van der Waals surface area contributed by atoms with Crippen molar-refractivity contribution in [3.63, 3.8) is 0 Å². The van der Waals surface area contributed by atoms with Crippen molar-refractivity contribution in [2.24, 2.45) is 5.41 Å². The zero-order chi connectivity index (χ0) is 24.4. The second-order valence-corrected chi connectivity index (χ2v) is 12.1. The Balaban J connectivity index is 1.45. The molecule has 3 aliphatic rings. The van der Waals surface area contributed by atoms with Crippen LogP contribution in [0.4, 0.5) is 14.5 Å². The average molecular weight is 522 g/mol. The zero-order valence-corrected chi connectivity index (χ0v) is 20.1. The molecule has 0 amide bonds. The summed E-state index contributed by atoms with van der Waals surface area (Å²) in [5.74, 6) is 0. The Morgan fingerprint density at radius 1 is 1.20 bits per heavy atom. The summed E-state index contributed by atoms with van der Waals surface area (Å²) in [5, 5.41) is 16.6. The smallest absolute Gasteiger partial charge is 0.291 e. The molecule has 5 heterocycles. The van der Waals surface area contributed by atoms with E-state index in [0.29, 0.717) is 43.0 Å². The molecule has 1 spiro atoms. The molecule has 0 unspecified atom stereocenters. The number of hydrogen-bond donors (Lipinski definition) is 1. The maximum Gasteiger partial charge on any atom is 0.291 e. The molecule has 1 aliphatic carbocycles.